The second-order valence-corrected chi connectivity index (χ2v) is 6.62. The lowest BCUT2D eigenvalue weighted by molar-refractivity contribution is -0.129. The first-order valence-electron chi connectivity index (χ1n) is 7.69. The molecule has 23 heavy (non-hydrogen) atoms. The van der Waals surface area contributed by atoms with Gasteiger partial charge in [-0.15, -0.1) is 11.3 Å². The zero-order valence-corrected chi connectivity index (χ0v) is 14.1. The molecule has 1 aliphatic rings. The van der Waals surface area contributed by atoms with E-state index in [0.29, 0.717) is 0 Å². The van der Waals surface area contributed by atoms with E-state index in [0.717, 1.165) is 23.8 Å². The molecular formula is C18H19N3OS. The number of piperazine rings is 1. The molecule has 2 heterocycles. The highest BCUT2D eigenvalue weighted by Gasteiger charge is 2.33. The normalized spacial score (nSPS) is 20.8. The van der Waals surface area contributed by atoms with Gasteiger partial charge in [0.15, 0.2) is 5.13 Å². The Morgan fingerprint density at radius 3 is 2.52 bits per heavy atom. The average molecular weight is 325 g/mol. The minimum absolute atomic E-state index is 0.104. The molecule has 1 aliphatic heterocycles. The number of aromatic nitrogens is 1. The van der Waals surface area contributed by atoms with Gasteiger partial charge in [-0.2, -0.15) is 0 Å². The smallest absolute Gasteiger partial charge is 0.299 e. The van der Waals surface area contributed by atoms with Crippen molar-refractivity contribution in [2.75, 3.05) is 18.0 Å². The number of rotatable bonds is 1. The summed E-state index contributed by atoms with van der Waals surface area (Å²) >= 11 is 1.63. The van der Waals surface area contributed by atoms with Gasteiger partial charge in [-0.25, -0.2) is 4.98 Å². The summed E-state index contributed by atoms with van der Waals surface area (Å²) in [6, 6.07) is 9.83. The molecule has 1 aromatic heterocycles. The molecule has 1 aromatic carbocycles. The van der Waals surface area contributed by atoms with Crippen LogP contribution in [0.25, 0.3) is 0 Å². The van der Waals surface area contributed by atoms with Gasteiger partial charge in [-0.05, 0) is 26.0 Å². The number of hydrogen-bond acceptors (Lipinski definition) is 4. The molecule has 5 heteroatoms. The van der Waals surface area contributed by atoms with Crippen molar-refractivity contribution in [3.05, 3.63) is 47.5 Å². The van der Waals surface area contributed by atoms with Gasteiger partial charge in [-0.3, -0.25) is 4.79 Å². The minimum Gasteiger partial charge on any atom is -0.344 e. The highest BCUT2D eigenvalue weighted by Crippen LogP contribution is 2.24. The zero-order chi connectivity index (χ0) is 16.2. The summed E-state index contributed by atoms with van der Waals surface area (Å²) in [5.41, 5.74) is 0.863. The molecule has 3 rings (SSSR count). The Balaban J connectivity index is 1.71. The minimum atomic E-state index is -0.104. The first-order valence-corrected chi connectivity index (χ1v) is 8.57. The maximum atomic E-state index is 12.5. The Labute approximate surface area is 140 Å². The summed E-state index contributed by atoms with van der Waals surface area (Å²) in [5, 5.41) is 3.00. The molecule has 0 N–H and O–H groups in total. The van der Waals surface area contributed by atoms with Crippen molar-refractivity contribution < 1.29 is 4.79 Å². The first-order chi connectivity index (χ1) is 11.1. The second kappa shape index (κ2) is 6.84. The topological polar surface area (TPSA) is 36.4 Å². The van der Waals surface area contributed by atoms with E-state index in [1.54, 1.807) is 11.3 Å². The molecule has 4 nitrogen and oxygen atoms in total. The molecule has 118 valence electrons. The van der Waals surface area contributed by atoms with Crippen LogP contribution in [0.3, 0.4) is 0 Å². The maximum absolute atomic E-state index is 12.5. The molecule has 2 atom stereocenters. The summed E-state index contributed by atoms with van der Waals surface area (Å²) in [4.78, 5) is 21.0. The Bertz CT molecular complexity index is 706. The van der Waals surface area contributed by atoms with E-state index in [-0.39, 0.29) is 18.0 Å². The third-order valence-electron chi connectivity index (χ3n) is 3.93. The Morgan fingerprint density at radius 2 is 1.91 bits per heavy atom. The molecule has 1 saturated heterocycles. The Morgan fingerprint density at radius 1 is 1.22 bits per heavy atom. The van der Waals surface area contributed by atoms with Crippen molar-refractivity contribution >= 4 is 22.4 Å². The van der Waals surface area contributed by atoms with Crippen LogP contribution in [0.2, 0.25) is 0 Å². The van der Waals surface area contributed by atoms with E-state index in [2.05, 4.69) is 35.6 Å². The summed E-state index contributed by atoms with van der Waals surface area (Å²) in [6.45, 7) is 5.71. The molecule has 0 saturated carbocycles. The van der Waals surface area contributed by atoms with Crippen LogP contribution < -0.4 is 4.90 Å². The SMILES string of the molecule is C[C@@H]1CN(c2nccs2)C[C@H](C)N1C(=O)C#Cc1ccccc1. The number of hydrogen-bond donors (Lipinski definition) is 0. The summed E-state index contributed by atoms with van der Waals surface area (Å²) < 4.78 is 0. The van der Waals surface area contributed by atoms with Crippen LogP contribution in [0.4, 0.5) is 5.13 Å². The van der Waals surface area contributed by atoms with E-state index in [9.17, 15) is 4.79 Å². The fourth-order valence-corrected chi connectivity index (χ4v) is 3.63. The van der Waals surface area contributed by atoms with Gasteiger partial charge >= 0.3 is 0 Å². The predicted octanol–water partition coefficient (Wildman–Crippen LogP) is 2.62. The molecule has 1 amide bonds. The van der Waals surface area contributed by atoms with Gasteiger partial charge in [0, 0.05) is 48.2 Å². The second-order valence-electron chi connectivity index (χ2n) is 5.75. The molecular weight excluding hydrogens is 306 g/mol. The number of amides is 1. The third kappa shape index (κ3) is 3.54. The Hall–Kier alpha value is -2.32. The van der Waals surface area contributed by atoms with Crippen LogP contribution in [-0.2, 0) is 4.79 Å². The monoisotopic (exact) mass is 325 g/mol. The zero-order valence-electron chi connectivity index (χ0n) is 13.3. The molecule has 0 bridgehead atoms. The van der Waals surface area contributed by atoms with Crippen LogP contribution in [-0.4, -0.2) is 41.0 Å². The van der Waals surface area contributed by atoms with Crippen molar-refractivity contribution in [1.82, 2.24) is 9.88 Å². The van der Waals surface area contributed by atoms with Crippen LogP contribution in [0.15, 0.2) is 41.9 Å². The van der Waals surface area contributed by atoms with Crippen molar-refractivity contribution in [3.63, 3.8) is 0 Å². The largest absolute Gasteiger partial charge is 0.344 e. The molecule has 0 spiro atoms. The molecule has 1 fully saturated rings. The molecule has 0 radical (unpaired) electrons. The van der Waals surface area contributed by atoms with Crippen LogP contribution >= 0.6 is 11.3 Å². The lowest BCUT2D eigenvalue weighted by Crippen LogP contribution is -2.58. The number of benzene rings is 1. The molecule has 0 unspecified atom stereocenters. The lowest BCUT2D eigenvalue weighted by atomic mass is 10.1. The fraction of sp³-hybridized carbons (Fsp3) is 0.333. The number of carbonyl (C=O) groups excluding carboxylic acids is 1. The van der Waals surface area contributed by atoms with Crippen molar-refractivity contribution in [2.24, 2.45) is 0 Å². The van der Waals surface area contributed by atoms with Gasteiger partial charge in [0.2, 0.25) is 0 Å². The van der Waals surface area contributed by atoms with Gasteiger partial charge in [0.05, 0.1) is 0 Å². The number of anilines is 1. The predicted molar refractivity (Wildman–Crippen MR) is 93.4 cm³/mol. The van der Waals surface area contributed by atoms with Gasteiger partial charge < -0.3 is 9.80 Å². The number of thiazole rings is 1. The number of nitrogens with zero attached hydrogens (tertiary/aromatic N) is 3. The van der Waals surface area contributed by atoms with Gasteiger partial charge in [-0.1, -0.05) is 24.1 Å². The van der Waals surface area contributed by atoms with Crippen LogP contribution in [0, 0.1) is 11.8 Å². The van der Waals surface area contributed by atoms with E-state index >= 15 is 0 Å². The van der Waals surface area contributed by atoms with E-state index in [1.165, 1.54) is 0 Å². The van der Waals surface area contributed by atoms with Gasteiger partial charge in [0.1, 0.15) is 0 Å². The number of carbonyl (C=O) groups is 1. The summed E-state index contributed by atoms with van der Waals surface area (Å²) in [6.07, 6.45) is 1.82. The standard InChI is InChI=1S/C18H19N3OS/c1-14-12-20(18-19-10-11-23-18)13-15(2)21(14)17(22)9-8-16-6-4-3-5-7-16/h3-7,10-11,14-15H,12-13H2,1-2H3/t14-,15+. The Kier molecular flexibility index (Phi) is 4.63. The van der Waals surface area contributed by atoms with Crippen molar-refractivity contribution in [1.29, 1.82) is 0 Å². The lowest BCUT2D eigenvalue weighted by Gasteiger charge is -2.43. The van der Waals surface area contributed by atoms with E-state index < -0.39 is 0 Å². The van der Waals surface area contributed by atoms with Crippen LogP contribution in [0.1, 0.15) is 19.4 Å². The van der Waals surface area contributed by atoms with Crippen molar-refractivity contribution in [3.8, 4) is 11.8 Å². The fourth-order valence-electron chi connectivity index (χ4n) is 2.96. The van der Waals surface area contributed by atoms with Crippen LogP contribution in [0.5, 0.6) is 0 Å². The van der Waals surface area contributed by atoms with E-state index in [1.807, 2.05) is 46.8 Å². The summed E-state index contributed by atoms with van der Waals surface area (Å²) in [7, 11) is 0. The van der Waals surface area contributed by atoms with Crippen molar-refractivity contribution in [2.45, 2.75) is 25.9 Å². The third-order valence-corrected chi connectivity index (χ3v) is 4.76. The summed E-state index contributed by atoms with van der Waals surface area (Å²) in [5.74, 6) is 5.64. The average Bonchev–Trinajstić information content (AvgIpc) is 3.07. The highest BCUT2D eigenvalue weighted by molar-refractivity contribution is 7.13. The quantitative estimate of drug-likeness (QED) is 0.756. The highest BCUT2D eigenvalue weighted by atomic mass is 32.1. The van der Waals surface area contributed by atoms with E-state index in [4.69, 9.17) is 0 Å². The van der Waals surface area contributed by atoms with Gasteiger partial charge in [0.25, 0.3) is 5.91 Å². The molecule has 2 aromatic rings. The first kappa shape index (κ1) is 15.6. The maximum Gasteiger partial charge on any atom is 0.299 e. The molecule has 0 aliphatic carbocycles.